The quantitative estimate of drug-likeness (QED) is 0.755. The van der Waals surface area contributed by atoms with Crippen molar-refractivity contribution in [3.8, 4) is 0 Å². The molecule has 0 atom stereocenters. The van der Waals surface area contributed by atoms with Gasteiger partial charge in [0, 0.05) is 12.1 Å². The Morgan fingerprint density at radius 2 is 1.95 bits per heavy atom. The molecule has 1 amide bonds. The van der Waals surface area contributed by atoms with Gasteiger partial charge in [-0.25, -0.2) is 0 Å². The van der Waals surface area contributed by atoms with E-state index in [0.29, 0.717) is 30.2 Å². The molecule has 0 aliphatic carbocycles. The second-order valence-electron chi connectivity index (χ2n) is 3.70. The number of carbonyl (C=O) groups excluding carboxylic acids is 1. The van der Waals surface area contributed by atoms with Crippen LogP contribution in [0.5, 0.6) is 0 Å². The Hall–Kier alpha value is -0.730. The fraction of sp³-hybridized carbons (Fsp3) is 0.182. The minimum absolute atomic E-state index is 0.174. The van der Waals surface area contributed by atoms with Gasteiger partial charge in [-0.1, -0.05) is 57.9 Å². The Kier molecular flexibility index (Phi) is 5.95. The first-order valence-electron chi connectivity index (χ1n) is 5.58. The summed E-state index contributed by atoms with van der Waals surface area (Å²) < 4.78 is 0.697. The number of hydrogen-bond donors (Lipinski definition) is 2. The summed E-state index contributed by atoms with van der Waals surface area (Å²) in [7, 11) is 1.76. The highest BCUT2D eigenvalue weighted by molar-refractivity contribution is 8.01. The van der Waals surface area contributed by atoms with Gasteiger partial charge >= 0.3 is 0 Å². The van der Waals surface area contributed by atoms with Crippen LogP contribution in [-0.2, 0) is 4.79 Å². The summed E-state index contributed by atoms with van der Waals surface area (Å²) in [4.78, 5) is 11.9. The smallest absolute Gasteiger partial charge is 0.234 e. The van der Waals surface area contributed by atoms with E-state index >= 15 is 0 Å². The van der Waals surface area contributed by atoms with Gasteiger partial charge in [-0.3, -0.25) is 4.79 Å². The first kappa shape index (κ1) is 16.6. The normalized spacial score (nSPS) is 10.5. The molecule has 0 saturated heterocycles. The van der Waals surface area contributed by atoms with E-state index in [9.17, 15) is 4.79 Å². The van der Waals surface area contributed by atoms with Crippen LogP contribution in [0.4, 0.5) is 10.8 Å². The summed E-state index contributed by atoms with van der Waals surface area (Å²) >= 11 is 20.5. The third-order valence-corrected chi connectivity index (χ3v) is 5.11. The van der Waals surface area contributed by atoms with Gasteiger partial charge in [0.15, 0.2) is 4.34 Å². The van der Waals surface area contributed by atoms with Crippen molar-refractivity contribution in [2.75, 3.05) is 23.4 Å². The molecule has 1 aromatic carbocycles. The van der Waals surface area contributed by atoms with Crippen molar-refractivity contribution in [2.45, 2.75) is 4.34 Å². The average Bonchev–Trinajstić information content (AvgIpc) is 2.88. The predicted molar refractivity (Wildman–Crippen MR) is 90.3 cm³/mol. The van der Waals surface area contributed by atoms with E-state index in [0.717, 1.165) is 0 Å². The number of anilines is 2. The number of nitrogens with one attached hydrogen (secondary N) is 2. The Morgan fingerprint density at radius 3 is 2.52 bits per heavy atom. The van der Waals surface area contributed by atoms with Gasteiger partial charge in [0.05, 0.1) is 21.5 Å². The highest BCUT2D eigenvalue weighted by Gasteiger charge is 2.12. The van der Waals surface area contributed by atoms with Crippen LogP contribution in [0.3, 0.4) is 0 Å². The zero-order valence-corrected chi connectivity index (χ0v) is 14.5. The molecule has 2 aromatic rings. The van der Waals surface area contributed by atoms with Crippen LogP contribution in [0.2, 0.25) is 15.1 Å². The van der Waals surface area contributed by atoms with Gasteiger partial charge in [0.25, 0.3) is 0 Å². The van der Waals surface area contributed by atoms with Crippen LogP contribution < -0.4 is 10.6 Å². The van der Waals surface area contributed by atoms with Crippen molar-refractivity contribution in [3.63, 3.8) is 0 Å². The maximum atomic E-state index is 11.9. The van der Waals surface area contributed by atoms with Crippen LogP contribution in [0.25, 0.3) is 0 Å². The van der Waals surface area contributed by atoms with E-state index < -0.39 is 0 Å². The van der Waals surface area contributed by atoms with Crippen molar-refractivity contribution in [1.29, 1.82) is 0 Å². The fourth-order valence-electron chi connectivity index (χ4n) is 1.33. The van der Waals surface area contributed by atoms with Crippen molar-refractivity contribution in [2.24, 2.45) is 0 Å². The van der Waals surface area contributed by atoms with E-state index in [-0.39, 0.29) is 11.7 Å². The molecule has 0 saturated carbocycles. The van der Waals surface area contributed by atoms with E-state index in [1.165, 1.54) is 35.2 Å². The fourth-order valence-corrected chi connectivity index (χ4v) is 3.75. The first-order valence-corrected chi connectivity index (χ1v) is 8.51. The highest BCUT2D eigenvalue weighted by atomic mass is 35.5. The molecule has 0 radical (unpaired) electrons. The Bertz CT molecular complexity index is 642. The van der Waals surface area contributed by atoms with Gasteiger partial charge in [-0.15, -0.1) is 10.2 Å². The number of halogens is 3. The molecular weight excluding hydrogens is 375 g/mol. The molecule has 112 valence electrons. The topological polar surface area (TPSA) is 66.9 Å². The number of rotatable bonds is 5. The van der Waals surface area contributed by atoms with Crippen molar-refractivity contribution >= 4 is 74.6 Å². The van der Waals surface area contributed by atoms with Crippen molar-refractivity contribution < 1.29 is 4.79 Å². The van der Waals surface area contributed by atoms with E-state index in [1.54, 1.807) is 7.05 Å². The molecule has 5 nitrogen and oxygen atoms in total. The lowest BCUT2D eigenvalue weighted by Crippen LogP contribution is -2.14. The van der Waals surface area contributed by atoms with Crippen molar-refractivity contribution in [1.82, 2.24) is 10.2 Å². The second kappa shape index (κ2) is 7.51. The maximum absolute atomic E-state index is 11.9. The van der Waals surface area contributed by atoms with Crippen LogP contribution in [-0.4, -0.2) is 28.9 Å². The molecule has 0 aliphatic rings. The van der Waals surface area contributed by atoms with Gasteiger partial charge in [0.1, 0.15) is 0 Å². The Labute approximate surface area is 144 Å². The van der Waals surface area contributed by atoms with Gasteiger partial charge < -0.3 is 10.6 Å². The zero-order valence-electron chi connectivity index (χ0n) is 10.6. The average molecular weight is 384 g/mol. The maximum Gasteiger partial charge on any atom is 0.234 e. The number of amides is 1. The molecule has 1 aromatic heterocycles. The largest absolute Gasteiger partial charge is 0.363 e. The number of thioether (sulfide) groups is 1. The number of benzene rings is 1. The Morgan fingerprint density at radius 1 is 1.29 bits per heavy atom. The number of aromatic nitrogens is 2. The minimum atomic E-state index is -0.243. The van der Waals surface area contributed by atoms with Gasteiger partial charge in [0.2, 0.25) is 11.0 Å². The Balaban J connectivity index is 1.96. The monoisotopic (exact) mass is 382 g/mol. The lowest BCUT2D eigenvalue weighted by Gasteiger charge is -2.09. The zero-order chi connectivity index (χ0) is 15.4. The van der Waals surface area contributed by atoms with Crippen LogP contribution in [0.1, 0.15) is 0 Å². The van der Waals surface area contributed by atoms with Gasteiger partial charge in [-0.2, -0.15) is 0 Å². The molecule has 0 aliphatic heterocycles. The van der Waals surface area contributed by atoms with Gasteiger partial charge in [-0.05, 0) is 12.1 Å². The number of carbonyl (C=O) groups is 1. The van der Waals surface area contributed by atoms with E-state index in [2.05, 4.69) is 20.8 Å². The number of hydrogen-bond acceptors (Lipinski definition) is 6. The molecule has 0 fully saturated rings. The summed E-state index contributed by atoms with van der Waals surface area (Å²) in [5, 5.41) is 15.0. The summed E-state index contributed by atoms with van der Waals surface area (Å²) in [6.45, 7) is 0. The second-order valence-corrected chi connectivity index (χ2v) is 7.16. The van der Waals surface area contributed by atoms with Crippen LogP contribution in [0, 0.1) is 0 Å². The third kappa shape index (κ3) is 4.62. The SMILES string of the molecule is CNc1nnc(SCC(=O)Nc2c(Cl)cc(Cl)cc2Cl)s1. The lowest BCUT2D eigenvalue weighted by atomic mass is 10.3. The molecule has 21 heavy (non-hydrogen) atoms. The summed E-state index contributed by atoms with van der Waals surface area (Å²) in [5.74, 6) is -0.0690. The summed E-state index contributed by atoms with van der Waals surface area (Å²) in [6.07, 6.45) is 0. The third-order valence-electron chi connectivity index (χ3n) is 2.22. The predicted octanol–water partition coefficient (Wildman–Crippen LogP) is 4.27. The molecule has 0 bridgehead atoms. The standard InChI is InChI=1S/C11H9Cl3N4OS2/c1-15-10-17-18-11(21-10)20-4-8(19)16-9-6(13)2-5(12)3-7(9)14/h2-3H,4H2,1H3,(H,15,17)(H,16,19). The molecule has 10 heteroatoms. The molecular formula is C11H9Cl3N4OS2. The molecule has 2 N–H and O–H groups in total. The molecule has 1 heterocycles. The highest BCUT2D eigenvalue weighted by Crippen LogP contribution is 2.34. The molecule has 0 spiro atoms. The lowest BCUT2D eigenvalue weighted by molar-refractivity contribution is -0.113. The molecule has 2 rings (SSSR count). The first-order chi connectivity index (χ1) is 9.99. The summed E-state index contributed by atoms with van der Waals surface area (Å²) in [5.41, 5.74) is 0.349. The van der Waals surface area contributed by atoms with E-state index in [4.69, 9.17) is 34.8 Å². The van der Waals surface area contributed by atoms with E-state index in [1.807, 2.05) is 0 Å². The minimum Gasteiger partial charge on any atom is -0.363 e. The van der Waals surface area contributed by atoms with Crippen LogP contribution in [0.15, 0.2) is 16.5 Å². The van der Waals surface area contributed by atoms with Crippen LogP contribution >= 0.6 is 57.9 Å². The molecule has 0 unspecified atom stereocenters. The summed E-state index contributed by atoms with van der Waals surface area (Å²) in [6, 6.07) is 3.03. The van der Waals surface area contributed by atoms with Crippen molar-refractivity contribution in [3.05, 3.63) is 27.2 Å². The number of nitrogens with zero attached hydrogens (tertiary/aromatic N) is 2.